The van der Waals surface area contributed by atoms with Crippen LogP contribution in [-0.2, 0) is 40.1 Å². The Bertz CT molecular complexity index is 1180. The Kier molecular flexibility index (Phi) is 12.3. The number of unbranched alkanes of at least 4 members (excludes halogenated alkanes) is 8. The third-order valence-electron chi connectivity index (χ3n) is 6.49. The lowest BCUT2D eigenvalue weighted by atomic mass is 10.1. The van der Waals surface area contributed by atoms with Crippen molar-refractivity contribution < 1.29 is 32.1 Å². The molecule has 216 valence electrons. The Hall–Kier alpha value is -3.53. The van der Waals surface area contributed by atoms with Crippen LogP contribution in [0, 0.1) is 0 Å². The van der Waals surface area contributed by atoms with Crippen molar-refractivity contribution in [2.24, 2.45) is 0 Å². The van der Waals surface area contributed by atoms with Gasteiger partial charge in [-0.3, -0.25) is 4.79 Å². The van der Waals surface area contributed by atoms with Crippen LogP contribution < -0.4 is 0 Å². The highest BCUT2D eigenvalue weighted by molar-refractivity contribution is 6.20. The van der Waals surface area contributed by atoms with Crippen LogP contribution >= 0.6 is 0 Å². The molecule has 0 spiro atoms. The van der Waals surface area contributed by atoms with Gasteiger partial charge in [0.25, 0.3) is 0 Å². The van der Waals surface area contributed by atoms with Crippen molar-refractivity contribution in [2.75, 3.05) is 0 Å². The molecule has 3 aromatic rings. The number of carbonyl (C=O) groups excluding carboxylic acids is 2. The molecule has 0 aliphatic carbocycles. The quantitative estimate of drug-likeness (QED) is 0.0733. The summed E-state index contributed by atoms with van der Waals surface area (Å²) in [5, 5.41) is 5.29. The average Bonchev–Trinajstić information content (AvgIpc) is 3.41. The van der Waals surface area contributed by atoms with E-state index in [1.54, 1.807) is 24.3 Å². The summed E-state index contributed by atoms with van der Waals surface area (Å²) in [5.74, 6) is -0.0215. The van der Waals surface area contributed by atoms with Crippen molar-refractivity contribution in [3.63, 3.8) is 0 Å². The third-order valence-corrected chi connectivity index (χ3v) is 6.49. The van der Waals surface area contributed by atoms with Crippen LogP contribution in [0.4, 0.5) is 13.2 Å². The summed E-state index contributed by atoms with van der Waals surface area (Å²) in [4.78, 5) is 32.0. The monoisotopic (exact) mass is 559 g/mol. The van der Waals surface area contributed by atoms with E-state index < -0.39 is 17.7 Å². The highest BCUT2D eigenvalue weighted by Crippen LogP contribution is 2.29. The number of carbonyl (C=O) groups is 2. The van der Waals surface area contributed by atoms with Gasteiger partial charge in [0.05, 0.1) is 18.7 Å². The lowest BCUT2D eigenvalue weighted by molar-refractivity contribution is -0.195. The first-order valence-corrected chi connectivity index (χ1v) is 13.8. The molecule has 0 unspecified atom stereocenters. The van der Waals surface area contributed by atoms with Crippen LogP contribution in [0.25, 0.3) is 11.4 Å². The second-order valence-corrected chi connectivity index (χ2v) is 9.81. The maximum atomic E-state index is 12.8. The van der Waals surface area contributed by atoms with Gasteiger partial charge in [-0.05, 0) is 29.7 Å². The van der Waals surface area contributed by atoms with Gasteiger partial charge in [-0.1, -0.05) is 99.8 Å². The number of rotatable bonds is 17. The fourth-order valence-electron chi connectivity index (χ4n) is 4.30. The minimum atomic E-state index is -4.45. The van der Waals surface area contributed by atoms with Crippen molar-refractivity contribution in [2.45, 2.75) is 90.4 Å². The zero-order valence-electron chi connectivity index (χ0n) is 22.8. The largest absolute Gasteiger partial charge is 0.416 e. The number of hydrogen-bond acceptors (Lipinski definition) is 7. The number of aldehydes is 1. The summed E-state index contributed by atoms with van der Waals surface area (Å²) in [5.41, 5.74) is 1.20. The molecule has 0 saturated carbocycles. The molecule has 0 bridgehead atoms. The number of aryl methyl sites for hydroxylation is 1. The summed E-state index contributed by atoms with van der Waals surface area (Å²) in [6.45, 7) is 2.33. The summed E-state index contributed by atoms with van der Waals surface area (Å²) in [6.07, 6.45) is 7.48. The van der Waals surface area contributed by atoms with Gasteiger partial charge in [0, 0.05) is 12.0 Å². The highest BCUT2D eigenvalue weighted by Gasteiger charge is 2.30. The molecule has 7 nitrogen and oxygen atoms in total. The van der Waals surface area contributed by atoms with Crippen LogP contribution in [0.15, 0.2) is 53.1 Å². The Morgan fingerprint density at radius 1 is 0.875 bits per heavy atom. The second-order valence-electron chi connectivity index (χ2n) is 9.81. The van der Waals surface area contributed by atoms with Gasteiger partial charge < -0.3 is 9.36 Å². The topological polar surface area (TPSA) is 85.5 Å². The SMILES string of the molecule is CCCCCCCCCCCc1nc(-c2ccc(CN(Cc3ccc(C(F)(F)F)cc3)OC(=O)C=O)cc2)no1. The van der Waals surface area contributed by atoms with Gasteiger partial charge in [-0.2, -0.15) is 18.2 Å². The van der Waals surface area contributed by atoms with Crippen LogP contribution in [0.2, 0.25) is 0 Å². The van der Waals surface area contributed by atoms with E-state index in [0.29, 0.717) is 17.3 Å². The average molecular weight is 560 g/mol. The molecule has 0 atom stereocenters. The summed E-state index contributed by atoms with van der Waals surface area (Å²) in [6, 6.07) is 11.7. The number of alkyl halides is 3. The van der Waals surface area contributed by atoms with Gasteiger partial charge in [-0.15, -0.1) is 5.06 Å². The van der Waals surface area contributed by atoms with E-state index in [2.05, 4.69) is 17.1 Å². The molecule has 0 fully saturated rings. The fourth-order valence-corrected chi connectivity index (χ4v) is 4.30. The zero-order chi connectivity index (χ0) is 28.8. The predicted molar refractivity (Wildman–Crippen MR) is 144 cm³/mol. The van der Waals surface area contributed by atoms with Gasteiger partial charge >= 0.3 is 12.1 Å². The number of hydrogen-bond donors (Lipinski definition) is 0. The van der Waals surface area contributed by atoms with Crippen molar-refractivity contribution in [3.05, 3.63) is 71.1 Å². The second kappa shape index (κ2) is 15.9. The lowest BCUT2D eigenvalue weighted by Gasteiger charge is -2.20. The first-order chi connectivity index (χ1) is 19.3. The first kappa shape index (κ1) is 31.0. The molecule has 40 heavy (non-hydrogen) atoms. The van der Waals surface area contributed by atoms with Gasteiger partial charge in [0.15, 0.2) is 0 Å². The minimum absolute atomic E-state index is 0.00741. The number of aromatic nitrogens is 2. The highest BCUT2D eigenvalue weighted by atomic mass is 19.4. The van der Waals surface area contributed by atoms with Crippen molar-refractivity contribution in [1.29, 1.82) is 0 Å². The summed E-state index contributed by atoms with van der Waals surface area (Å²) in [7, 11) is 0. The van der Waals surface area contributed by atoms with E-state index in [1.165, 1.54) is 62.1 Å². The molecule has 0 aliphatic rings. The Morgan fingerprint density at radius 2 is 1.43 bits per heavy atom. The lowest BCUT2D eigenvalue weighted by Crippen LogP contribution is -2.27. The number of benzene rings is 2. The maximum absolute atomic E-state index is 12.8. The van der Waals surface area contributed by atoms with Crippen molar-refractivity contribution in [1.82, 2.24) is 15.2 Å². The van der Waals surface area contributed by atoms with Crippen LogP contribution in [0.5, 0.6) is 0 Å². The Labute approximate surface area is 232 Å². The molecule has 1 aromatic heterocycles. The van der Waals surface area contributed by atoms with E-state index in [1.807, 2.05) is 0 Å². The number of halogens is 3. The van der Waals surface area contributed by atoms with Crippen LogP contribution in [-0.4, -0.2) is 27.5 Å². The normalized spacial score (nSPS) is 11.6. The number of nitrogens with zero attached hydrogens (tertiary/aromatic N) is 3. The van der Waals surface area contributed by atoms with Gasteiger partial charge in [0.2, 0.25) is 18.0 Å². The summed E-state index contributed by atoms with van der Waals surface area (Å²) < 4.78 is 43.9. The Morgan fingerprint density at radius 3 is 1.98 bits per heavy atom. The molecule has 0 aliphatic heterocycles. The zero-order valence-corrected chi connectivity index (χ0v) is 22.8. The predicted octanol–water partition coefficient (Wildman–Crippen LogP) is 7.49. The third kappa shape index (κ3) is 10.6. The standard InChI is InChI=1S/C30H36F3N3O4/c1-2-3-4-5-6-7-8-9-10-11-27-34-29(35-39-27)25-16-12-23(13-17-25)20-36(40-28(38)22-37)21-24-14-18-26(19-15-24)30(31,32)33/h12-19,22H,2-11,20-21H2,1H3. The number of hydroxylamine groups is 2. The first-order valence-electron chi connectivity index (χ1n) is 13.8. The molecular weight excluding hydrogens is 523 g/mol. The van der Waals surface area contributed by atoms with E-state index in [4.69, 9.17) is 9.36 Å². The minimum Gasteiger partial charge on any atom is -0.361 e. The van der Waals surface area contributed by atoms with Crippen molar-refractivity contribution in [3.8, 4) is 11.4 Å². The molecule has 10 heteroatoms. The van der Waals surface area contributed by atoms with E-state index >= 15 is 0 Å². The van der Waals surface area contributed by atoms with E-state index in [-0.39, 0.29) is 19.4 Å². The molecule has 0 saturated heterocycles. The fraction of sp³-hybridized carbons (Fsp3) is 0.467. The van der Waals surface area contributed by atoms with Gasteiger partial charge in [0.1, 0.15) is 0 Å². The molecule has 0 radical (unpaired) electrons. The van der Waals surface area contributed by atoms with E-state index in [0.717, 1.165) is 42.5 Å². The van der Waals surface area contributed by atoms with Gasteiger partial charge in [-0.25, -0.2) is 4.79 Å². The molecule has 2 aromatic carbocycles. The maximum Gasteiger partial charge on any atom is 0.416 e. The van der Waals surface area contributed by atoms with Crippen LogP contribution in [0.3, 0.4) is 0 Å². The smallest absolute Gasteiger partial charge is 0.361 e. The molecule has 1 heterocycles. The van der Waals surface area contributed by atoms with Crippen LogP contribution in [0.1, 0.15) is 87.3 Å². The molecule has 0 N–H and O–H groups in total. The molecule has 0 amide bonds. The Balaban J connectivity index is 1.51. The van der Waals surface area contributed by atoms with E-state index in [9.17, 15) is 22.8 Å². The molecule has 3 rings (SSSR count). The summed E-state index contributed by atoms with van der Waals surface area (Å²) >= 11 is 0. The molecular formula is C30H36F3N3O4. The van der Waals surface area contributed by atoms with Crippen molar-refractivity contribution >= 4 is 12.3 Å².